The van der Waals surface area contributed by atoms with Crippen LogP contribution in [0.1, 0.15) is 23.5 Å². The molecule has 0 amide bonds. The molecule has 5 rings (SSSR count). The summed E-state index contributed by atoms with van der Waals surface area (Å²) in [7, 11) is 1.64. The van der Waals surface area contributed by atoms with Gasteiger partial charge < -0.3 is 19.4 Å². The number of furan rings is 1. The van der Waals surface area contributed by atoms with Crippen LogP contribution in [0.2, 0.25) is 10.0 Å². The number of ether oxygens (including phenoxy) is 1. The summed E-state index contributed by atoms with van der Waals surface area (Å²) in [5, 5.41) is 5.11. The Kier molecular flexibility index (Phi) is 5.98. The van der Waals surface area contributed by atoms with Crippen LogP contribution in [-0.4, -0.2) is 17.2 Å². The predicted molar refractivity (Wildman–Crippen MR) is 135 cm³/mol. The molecule has 0 unspecified atom stereocenters. The number of hydrogen-bond acceptors (Lipinski definition) is 4. The van der Waals surface area contributed by atoms with Crippen molar-refractivity contribution >= 4 is 46.2 Å². The summed E-state index contributed by atoms with van der Waals surface area (Å²) in [4.78, 5) is 6.61. The van der Waals surface area contributed by atoms with Crippen molar-refractivity contribution in [3.63, 3.8) is 0 Å². The third-order valence-electron chi connectivity index (χ3n) is 5.56. The van der Waals surface area contributed by atoms with E-state index < -0.39 is 0 Å². The lowest BCUT2D eigenvalue weighted by molar-refractivity contribution is 0.414. The van der Waals surface area contributed by atoms with E-state index in [2.05, 4.69) is 10.3 Å². The van der Waals surface area contributed by atoms with Crippen molar-refractivity contribution in [2.24, 2.45) is 0 Å². The Morgan fingerprint density at radius 3 is 2.55 bits per heavy atom. The number of halogens is 2. The molecule has 0 spiro atoms. The maximum atomic E-state index is 6.42. The lowest BCUT2D eigenvalue weighted by Crippen LogP contribution is -2.29. The van der Waals surface area contributed by atoms with Gasteiger partial charge in [0.15, 0.2) is 5.11 Å². The average Bonchev–Trinajstić information content (AvgIpc) is 3.44. The zero-order valence-electron chi connectivity index (χ0n) is 17.5. The van der Waals surface area contributed by atoms with Crippen LogP contribution in [0, 0.1) is 0 Å². The molecule has 0 radical (unpaired) electrons. The standard InChI is InChI=1S/C25H19Cl2N3O2S/c1-31-17-8-6-16(7-9-17)30-24(23(29-25(30)33)20-4-2-3-13-28-20)22-12-11-21(32-22)18-10-5-15(26)14-19(18)27/h2-14,23-24H,1H3,(H,29,33)/t23-,24+/m0/s1. The van der Waals surface area contributed by atoms with Gasteiger partial charge in [-0.3, -0.25) is 4.98 Å². The fraction of sp³-hybridized carbons (Fsp3) is 0.120. The number of benzene rings is 2. The van der Waals surface area contributed by atoms with Gasteiger partial charge in [-0.25, -0.2) is 0 Å². The van der Waals surface area contributed by atoms with Crippen molar-refractivity contribution in [2.75, 3.05) is 12.0 Å². The Bertz CT molecular complexity index is 1290. The van der Waals surface area contributed by atoms with Gasteiger partial charge in [0.25, 0.3) is 0 Å². The second-order valence-electron chi connectivity index (χ2n) is 7.52. The van der Waals surface area contributed by atoms with E-state index in [-0.39, 0.29) is 12.1 Å². The lowest BCUT2D eigenvalue weighted by atomic mass is 10.0. The van der Waals surface area contributed by atoms with E-state index in [4.69, 9.17) is 44.6 Å². The minimum Gasteiger partial charge on any atom is -0.497 e. The van der Waals surface area contributed by atoms with E-state index >= 15 is 0 Å². The van der Waals surface area contributed by atoms with Crippen molar-refractivity contribution in [1.29, 1.82) is 0 Å². The highest BCUT2D eigenvalue weighted by atomic mass is 35.5. The van der Waals surface area contributed by atoms with E-state index in [1.807, 2.05) is 65.6 Å². The highest BCUT2D eigenvalue weighted by Gasteiger charge is 2.42. The molecule has 2 atom stereocenters. The Hall–Kier alpha value is -3.06. The first-order chi connectivity index (χ1) is 16.0. The molecule has 8 heteroatoms. The largest absolute Gasteiger partial charge is 0.497 e. The third-order valence-corrected chi connectivity index (χ3v) is 6.43. The quantitative estimate of drug-likeness (QED) is 0.306. The summed E-state index contributed by atoms with van der Waals surface area (Å²) in [6, 6.07) is 22.3. The summed E-state index contributed by atoms with van der Waals surface area (Å²) in [5.41, 5.74) is 2.55. The molecule has 1 aliphatic rings. The van der Waals surface area contributed by atoms with Crippen LogP contribution in [0.15, 0.2) is 83.4 Å². The molecule has 166 valence electrons. The fourth-order valence-electron chi connectivity index (χ4n) is 4.01. The Labute approximate surface area is 206 Å². The van der Waals surface area contributed by atoms with Crippen LogP contribution < -0.4 is 15.0 Å². The smallest absolute Gasteiger partial charge is 0.174 e. The molecule has 1 aliphatic heterocycles. The minimum atomic E-state index is -0.263. The van der Waals surface area contributed by atoms with Crippen molar-refractivity contribution in [3.8, 4) is 17.1 Å². The van der Waals surface area contributed by atoms with Crippen molar-refractivity contribution in [2.45, 2.75) is 12.1 Å². The molecule has 0 bridgehead atoms. The zero-order valence-corrected chi connectivity index (χ0v) is 19.9. The SMILES string of the molecule is COc1ccc(N2C(=S)N[C@@H](c3ccccn3)[C@H]2c2ccc(-c3ccc(Cl)cc3Cl)o2)cc1. The molecule has 1 fully saturated rings. The number of methoxy groups -OCH3 is 1. The monoisotopic (exact) mass is 495 g/mol. The zero-order chi connectivity index (χ0) is 22.9. The van der Waals surface area contributed by atoms with Crippen LogP contribution >= 0.6 is 35.4 Å². The van der Waals surface area contributed by atoms with Crippen LogP contribution in [0.5, 0.6) is 5.75 Å². The molecular formula is C25H19Cl2N3O2S. The van der Waals surface area contributed by atoms with Gasteiger partial charge in [0.2, 0.25) is 0 Å². The fourth-order valence-corrected chi connectivity index (χ4v) is 4.86. The first kappa shape index (κ1) is 21.8. The Morgan fingerprint density at radius 1 is 1.03 bits per heavy atom. The third kappa shape index (κ3) is 4.17. The van der Waals surface area contributed by atoms with E-state index in [1.54, 1.807) is 25.4 Å². The lowest BCUT2D eigenvalue weighted by Gasteiger charge is -2.26. The Balaban J connectivity index is 1.59. The predicted octanol–water partition coefficient (Wildman–Crippen LogP) is 6.83. The summed E-state index contributed by atoms with van der Waals surface area (Å²) in [6.45, 7) is 0. The summed E-state index contributed by atoms with van der Waals surface area (Å²) >= 11 is 18.2. The van der Waals surface area contributed by atoms with Crippen molar-refractivity contribution in [1.82, 2.24) is 10.3 Å². The molecule has 5 nitrogen and oxygen atoms in total. The number of rotatable bonds is 5. The number of hydrogen-bond donors (Lipinski definition) is 1. The number of nitrogens with zero attached hydrogens (tertiary/aromatic N) is 2. The number of pyridine rings is 1. The summed E-state index contributed by atoms with van der Waals surface area (Å²) in [6.07, 6.45) is 1.77. The molecule has 0 aliphatic carbocycles. The molecule has 0 saturated carbocycles. The van der Waals surface area contributed by atoms with Gasteiger partial charge in [0.1, 0.15) is 23.3 Å². The van der Waals surface area contributed by atoms with E-state index in [0.717, 1.165) is 28.5 Å². The molecule has 1 N–H and O–H groups in total. The molecule has 1 saturated heterocycles. The maximum absolute atomic E-state index is 6.42. The van der Waals surface area contributed by atoms with Gasteiger partial charge in [-0.15, -0.1) is 0 Å². The molecule has 33 heavy (non-hydrogen) atoms. The highest BCUT2D eigenvalue weighted by Crippen LogP contribution is 2.43. The van der Waals surface area contributed by atoms with Crippen LogP contribution in [0.25, 0.3) is 11.3 Å². The molecule has 2 aromatic carbocycles. The van der Waals surface area contributed by atoms with E-state index in [9.17, 15) is 0 Å². The maximum Gasteiger partial charge on any atom is 0.174 e. The Morgan fingerprint density at radius 2 is 1.85 bits per heavy atom. The highest BCUT2D eigenvalue weighted by molar-refractivity contribution is 7.80. The first-order valence-corrected chi connectivity index (χ1v) is 11.4. The summed E-state index contributed by atoms with van der Waals surface area (Å²) in [5.74, 6) is 2.15. The molecule has 2 aromatic heterocycles. The normalized spacial score (nSPS) is 17.8. The number of aromatic nitrogens is 1. The topological polar surface area (TPSA) is 50.5 Å². The van der Waals surface area contributed by atoms with Crippen molar-refractivity contribution in [3.05, 3.63) is 100 Å². The second-order valence-corrected chi connectivity index (χ2v) is 8.75. The van der Waals surface area contributed by atoms with Gasteiger partial charge in [0.05, 0.1) is 23.9 Å². The van der Waals surface area contributed by atoms with E-state index in [1.165, 1.54) is 0 Å². The molecular weight excluding hydrogens is 477 g/mol. The first-order valence-electron chi connectivity index (χ1n) is 10.2. The van der Waals surface area contributed by atoms with Gasteiger partial charge in [0, 0.05) is 22.5 Å². The van der Waals surface area contributed by atoms with Gasteiger partial charge in [-0.1, -0.05) is 29.3 Å². The number of thiocarbonyl (C=S) groups is 1. The van der Waals surface area contributed by atoms with Crippen LogP contribution in [0.3, 0.4) is 0 Å². The molecule has 4 aromatic rings. The number of nitrogens with one attached hydrogen (secondary N) is 1. The van der Waals surface area contributed by atoms with Gasteiger partial charge >= 0.3 is 0 Å². The van der Waals surface area contributed by atoms with Crippen LogP contribution in [0.4, 0.5) is 5.69 Å². The van der Waals surface area contributed by atoms with Crippen molar-refractivity contribution < 1.29 is 9.15 Å². The van der Waals surface area contributed by atoms with E-state index in [0.29, 0.717) is 20.9 Å². The average molecular weight is 496 g/mol. The summed E-state index contributed by atoms with van der Waals surface area (Å²) < 4.78 is 11.7. The second kappa shape index (κ2) is 9.06. The number of anilines is 1. The minimum absolute atomic E-state index is 0.208. The van der Waals surface area contributed by atoms with Gasteiger partial charge in [-0.05, 0) is 78.9 Å². The van der Waals surface area contributed by atoms with Gasteiger partial charge in [-0.2, -0.15) is 0 Å². The molecule has 3 heterocycles. The van der Waals surface area contributed by atoms with Crippen LogP contribution in [-0.2, 0) is 0 Å².